The van der Waals surface area contributed by atoms with E-state index in [0.717, 1.165) is 18.8 Å². The van der Waals surface area contributed by atoms with E-state index in [1.54, 1.807) is 17.2 Å². The van der Waals surface area contributed by atoms with Gasteiger partial charge in [-0.25, -0.2) is 14.6 Å². The van der Waals surface area contributed by atoms with E-state index in [-0.39, 0.29) is 0 Å². The van der Waals surface area contributed by atoms with Gasteiger partial charge in [0.05, 0.1) is 0 Å². The molecule has 2 heterocycles. The van der Waals surface area contributed by atoms with Crippen molar-refractivity contribution in [2.75, 3.05) is 6.54 Å². The molecule has 0 bridgehead atoms. The van der Waals surface area contributed by atoms with Gasteiger partial charge in [-0.3, -0.25) is 0 Å². The normalized spacial score (nSPS) is 12.6. The van der Waals surface area contributed by atoms with Crippen molar-refractivity contribution in [1.82, 2.24) is 25.1 Å². The number of hydrogen-bond donors (Lipinski definition) is 1. The first kappa shape index (κ1) is 11.7. The first-order valence-electron chi connectivity index (χ1n) is 5.85. The molecule has 5 nitrogen and oxygen atoms in total. The molecule has 90 valence electrons. The van der Waals surface area contributed by atoms with Gasteiger partial charge >= 0.3 is 0 Å². The van der Waals surface area contributed by atoms with Gasteiger partial charge in [-0.05, 0) is 37.6 Å². The monoisotopic (exact) mass is 231 g/mol. The van der Waals surface area contributed by atoms with Gasteiger partial charge in [-0.15, -0.1) is 0 Å². The SMILES string of the molecule is CCCNC(C)c1ccnc(-n2cncn2)c1. The van der Waals surface area contributed by atoms with Crippen LogP contribution in [0, 0.1) is 0 Å². The van der Waals surface area contributed by atoms with Gasteiger partial charge < -0.3 is 5.32 Å². The molecule has 0 fully saturated rings. The van der Waals surface area contributed by atoms with E-state index in [1.165, 1.54) is 11.9 Å². The molecule has 5 heteroatoms. The molecule has 0 aliphatic carbocycles. The zero-order valence-corrected chi connectivity index (χ0v) is 10.2. The van der Waals surface area contributed by atoms with E-state index in [0.29, 0.717) is 6.04 Å². The van der Waals surface area contributed by atoms with E-state index < -0.39 is 0 Å². The minimum absolute atomic E-state index is 0.320. The highest BCUT2D eigenvalue weighted by Crippen LogP contribution is 2.14. The van der Waals surface area contributed by atoms with Crippen LogP contribution in [0.4, 0.5) is 0 Å². The quantitative estimate of drug-likeness (QED) is 0.851. The molecule has 0 spiro atoms. The van der Waals surface area contributed by atoms with Crippen LogP contribution in [0.15, 0.2) is 31.0 Å². The maximum absolute atomic E-state index is 4.28. The van der Waals surface area contributed by atoms with Gasteiger partial charge in [0.15, 0.2) is 5.82 Å². The molecule has 0 aromatic carbocycles. The van der Waals surface area contributed by atoms with Crippen LogP contribution in [0.5, 0.6) is 0 Å². The van der Waals surface area contributed by atoms with Gasteiger partial charge in [0.2, 0.25) is 0 Å². The molecule has 1 atom stereocenters. The Morgan fingerprint density at radius 1 is 1.47 bits per heavy atom. The molecule has 0 saturated carbocycles. The standard InChI is InChI=1S/C12H17N5/c1-3-5-14-10(2)11-4-6-15-12(7-11)17-9-13-8-16-17/h4,6-10,14H,3,5H2,1-2H3. The van der Waals surface area contributed by atoms with Crippen LogP contribution in [0.1, 0.15) is 31.9 Å². The highest BCUT2D eigenvalue weighted by molar-refractivity contribution is 5.28. The molecular weight excluding hydrogens is 214 g/mol. The predicted octanol–water partition coefficient (Wildman–Crippen LogP) is 1.72. The van der Waals surface area contributed by atoms with Crippen molar-refractivity contribution in [3.63, 3.8) is 0 Å². The molecule has 0 radical (unpaired) electrons. The highest BCUT2D eigenvalue weighted by atomic mass is 15.3. The Morgan fingerprint density at radius 2 is 2.35 bits per heavy atom. The van der Waals surface area contributed by atoms with Crippen LogP contribution in [0.2, 0.25) is 0 Å². The lowest BCUT2D eigenvalue weighted by Crippen LogP contribution is -2.19. The summed E-state index contributed by atoms with van der Waals surface area (Å²) in [7, 11) is 0. The molecule has 17 heavy (non-hydrogen) atoms. The first-order chi connectivity index (χ1) is 8.31. The molecule has 2 aromatic heterocycles. The van der Waals surface area contributed by atoms with Crippen molar-refractivity contribution in [2.45, 2.75) is 26.3 Å². The third-order valence-electron chi connectivity index (χ3n) is 2.62. The van der Waals surface area contributed by atoms with E-state index in [1.807, 2.05) is 12.1 Å². The highest BCUT2D eigenvalue weighted by Gasteiger charge is 2.06. The molecule has 0 amide bonds. The third-order valence-corrected chi connectivity index (χ3v) is 2.62. The summed E-state index contributed by atoms with van der Waals surface area (Å²) in [5, 5.41) is 7.52. The summed E-state index contributed by atoms with van der Waals surface area (Å²) in [5.74, 6) is 0.796. The second-order valence-electron chi connectivity index (χ2n) is 3.96. The van der Waals surface area contributed by atoms with Crippen LogP contribution in [-0.4, -0.2) is 26.3 Å². The number of nitrogens with zero attached hydrogens (tertiary/aromatic N) is 4. The molecule has 1 N–H and O–H groups in total. The number of pyridine rings is 1. The van der Waals surface area contributed by atoms with E-state index in [4.69, 9.17) is 0 Å². The Hall–Kier alpha value is -1.75. The van der Waals surface area contributed by atoms with E-state index in [9.17, 15) is 0 Å². The molecule has 0 aliphatic heterocycles. The smallest absolute Gasteiger partial charge is 0.155 e. The second kappa shape index (κ2) is 5.54. The second-order valence-corrected chi connectivity index (χ2v) is 3.96. The van der Waals surface area contributed by atoms with E-state index in [2.05, 4.69) is 34.2 Å². The van der Waals surface area contributed by atoms with Gasteiger partial charge in [0.25, 0.3) is 0 Å². The van der Waals surface area contributed by atoms with E-state index >= 15 is 0 Å². The average molecular weight is 231 g/mol. The number of hydrogen-bond acceptors (Lipinski definition) is 4. The summed E-state index contributed by atoms with van der Waals surface area (Å²) >= 11 is 0. The zero-order valence-electron chi connectivity index (χ0n) is 10.2. The first-order valence-corrected chi connectivity index (χ1v) is 5.85. The Morgan fingerprint density at radius 3 is 3.06 bits per heavy atom. The minimum atomic E-state index is 0.320. The lowest BCUT2D eigenvalue weighted by atomic mass is 10.1. The van der Waals surface area contributed by atoms with Crippen LogP contribution >= 0.6 is 0 Å². The van der Waals surface area contributed by atoms with Crippen molar-refractivity contribution in [3.8, 4) is 5.82 Å². The molecule has 1 unspecified atom stereocenters. The summed E-state index contributed by atoms with van der Waals surface area (Å²) in [6.07, 6.45) is 6.09. The third kappa shape index (κ3) is 2.88. The molecular formula is C12H17N5. The number of nitrogens with one attached hydrogen (secondary N) is 1. The van der Waals surface area contributed by atoms with Crippen LogP contribution in [-0.2, 0) is 0 Å². The van der Waals surface area contributed by atoms with Crippen LogP contribution < -0.4 is 5.32 Å². The van der Waals surface area contributed by atoms with Gasteiger partial charge in [0, 0.05) is 12.2 Å². The Balaban J connectivity index is 2.17. The fraction of sp³-hybridized carbons (Fsp3) is 0.417. The Kier molecular flexibility index (Phi) is 3.82. The van der Waals surface area contributed by atoms with Gasteiger partial charge in [0.1, 0.15) is 12.7 Å². The zero-order chi connectivity index (χ0) is 12.1. The average Bonchev–Trinajstić information content (AvgIpc) is 2.90. The maximum atomic E-state index is 4.28. The minimum Gasteiger partial charge on any atom is -0.310 e. The number of rotatable bonds is 5. The molecule has 0 saturated heterocycles. The Bertz CT molecular complexity index is 452. The molecule has 0 aliphatic rings. The van der Waals surface area contributed by atoms with Gasteiger partial charge in [-0.1, -0.05) is 6.92 Å². The predicted molar refractivity (Wildman–Crippen MR) is 65.9 cm³/mol. The van der Waals surface area contributed by atoms with Crippen molar-refractivity contribution in [3.05, 3.63) is 36.5 Å². The van der Waals surface area contributed by atoms with Gasteiger partial charge in [-0.2, -0.15) is 5.10 Å². The Labute approximate surface area is 101 Å². The summed E-state index contributed by atoms with van der Waals surface area (Å²) in [4.78, 5) is 8.20. The largest absolute Gasteiger partial charge is 0.310 e. The lowest BCUT2D eigenvalue weighted by molar-refractivity contribution is 0.569. The summed E-state index contributed by atoms with van der Waals surface area (Å²) in [6, 6.07) is 4.37. The maximum Gasteiger partial charge on any atom is 0.155 e. The number of aromatic nitrogens is 4. The molecule has 2 aromatic rings. The molecule has 2 rings (SSSR count). The van der Waals surface area contributed by atoms with Crippen molar-refractivity contribution in [2.24, 2.45) is 0 Å². The van der Waals surface area contributed by atoms with Crippen LogP contribution in [0.3, 0.4) is 0 Å². The fourth-order valence-electron chi connectivity index (χ4n) is 1.63. The topological polar surface area (TPSA) is 55.6 Å². The summed E-state index contributed by atoms with van der Waals surface area (Å²) in [5.41, 5.74) is 1.21. The summed E-state index contributed by atoms with van der Waals surface area (Å²) in [6.45, 7) is 5.32. The lowest BCUT2D eigenvalue weighted by Gasteiger charge is -2.14. The van der Waals surface area contributed by atoms with Crippen molar-refractivity contribution < 1.29 is 0 Å². The van der Waals surface area contributed by atoms with Crippen molar-refractivity contribution in [1.29, 1.82) is 0 Å². The summed E-state index contributed by atoms with van der Waals surface area (Å²) < 4.78 is 1.66. The van der Waals surface area contributed by atoms with Crippen LogP contribution in [0.25, 0.3) is 5.82 Å². The fourth-order valence-corrected chi connectivity index (χ4v) is 1.63. The van der Waals surface area contributed by atoms with Crippen molar-refractivity contribution >= 4 is 0 Å².